The molecule has 6 heteroatoms. The molecular formula is C11H13Cl2FN2O. The Kier molecular flexibility index (Phi) is 5.18. The van der Waals surface area contributed by atoms with Gasteiger partial charge in [-0.25, -0.2) is 4.39 Å². The molecule has 1 fully saturated rings. The molecular weight excluding hydrogens is 266 g/mol. The van der Waals surface area contributed by atoms with Crippen LogP contribution in [0.15, 0.2) is 18.2 Å². The van der Waals surface area contributed by atoms with Crippen LogP contribution in [0.4, 0.5) is 10.1 Å². The minimum Gasteiger partial charge on any atom is -0.326 e. The van der Waals surface area contributed by atoms with Crippen LogP contribution in [-0.2, 0) is 4.79 Å². The zero-order valence-corrected chi connectivity index (χ0v) is 10.6. The van der Waals surface area contributed by atoms with Gasteiger partial charge in [-0.15, -0.1) is 12.4 Å². The summed E-state index contributed by atoms with van der Waals surface area (Å²) in [6.45, 7) is 1.54. The smallest absolute Gasteiger partial charge is 0.228 e. The van der Waals surface area contributed by atoms with Gasteiger partial charge in [-0.1, -0.05) is 11.6 Å². The fourth-order valence-corrected chi connectivity index (χ4v) is 1.81. The van der Waals surface area contributed by atoms with Crippen LogP contribution in [0.2, 0.25) is 5.02 Å². The molecule has 2 rings (SSSR count). The molecule has 1 saturated heterocycles. The average molecular weight is 279 g/mol. The normalized spacial score (nSPS) is 18.6. The van der Waals surface area contributed by atoms with Gasteiger partial charge in [-0.3, -0.25) is 4.79 Å². The summed E-state index contributed by atoms with van der Waals surface area (Å²) in [5, 5.41) is 5.83. The number of halogens is 3. The van der Waals surface area contributed by atoms with Crippen LogP contribution in [0, 0.1) is 11.7 Å². The molecule has 0 aromatic heterocycles. The standard InChI is InChI=1S/C11H12ClFN2O.ClH/c12-9-2-1-8(5-10(9)13)15-11(16)7-3-4-14-6-7;/h1-2,5,7,14H,3-4,6H2,(H,15,16);1H. The molecule has 1 aromatic rings. The van der Waals surface area contributed by atoms with Crippen molar-refractivity contribution < 1.29 is 9.18 Å². The molecule has 0 saturated carbocycles. The Morgan fingerprint density at radius 3 is 2.88 bits per heavy atom. The van der Waals surface area contributed by atoms with Gasteiger partial charge in [0.15, 0.2) is 0 Å². The van der Waals surface area contributed by atoms with Gasteiger partial charge in [0.25, 0.3) is 0 Å². The van der Waals surface area contributed by atoms with E-state index in [9.17, 15) is 9.18 Å². The first-order chi connectivity index (χ1) is 7.66. The van der Waals surface area contributed by atoms with Gasteiger partial charge >= 0.3 is 0 Å². The first kappa shape index (κ1) is 14.2. The van der Waals surface area contributed by atoms with Crippen molar-refractivity contribution in [2.75, 3.05) is 18.4 Å². The largest absolute Gasteiger partial charge is 0.326 e. The van der Waals surface area contributed by atoms with E-state index in [0.29, 0.717) is 12.2 Å². The summed E-state index contributed by atoms with van der Waals surface area (Å²) in [6.07, 6.45) is 0.821. The summed E-state index contributed by atoms with van der Waals surface area (Å²) >= 11 is 5.55. The van der Waals surface area contributed by atoms with Gasteiger partial charge in [0.2, 0.25) is 5.91 Å². The molecule has 0 bridgehead atoms. The Bertz CT molecular complexity index is 408. The minimum atomic E-state index is -0.524. The monoisotopic (exact) mass is 278 g/mol. The Labute approximate surface area is 110 Å². The maximum atomic E-state index is 13.1. The number of anilines is 1. The lowest BCUT2D eigenvalue weighted by Gasteiger charge is -2.09. The van der Waals surface area contributed by atoms with E-state index in [1.54, 1.807) is 6.07 Å². The van der Waals surface area contributed by atoms with Crippen molar-refractivity contribution in [3.05, 3.63) is 29.0 Å². The Hall–Kier alpha value is -0.840. The van der Waals surface area contributed by atoms with E-state index in [1.165, 1.54) is 12.1 Å². The maximum Gasteiger partial charge on any atom is 0.228 e. The number of carbonyl (C=O) groups is 1. The van der Waals surface area contributed by atoms with E-state index in [0.717, 1.165) is 13.0 Å². The highest BCUT2D eigenvalue weighted by Gasteiger charge is 2.22. The minimum absolute atomic E-state index is 0. The molecule has 1 aliphatic rings. The van der Waals surface area contributed by atoms with Crippen LogP contribution in [0.3, 0.4) is 0 Å². The van der Waals surface area contributed by atoms with Gasteiger partial charge < -0.3 is 10.6 Å². The summed E-state index contributed by atoms with van der Waals surface area (Å²) in [5.74, 6) is -0.630. The molecule has 0 radical (unpaired) electrons. The fraction of sp³-hybridized carbons (Fsp3) is 0.364. The molecule has 1 aliphatic heterocycles. The molecule has 1 atom stereocenters. The summed E-state index contributed by atoms with van der Waals surface area (Å²) < 4.78 is 13.1. The number of carbonyl (C=O) groups excluding carboxylic acids is 1. The lowest BCUT2D eigenvalue weighted by molar-refractivity contribution is -0.119. The number of hydrogen-bond donors (Lipinski definition) is 2. The van der Waals surface area contributed by atoms with E-state index in [1.807, 2.05) is 0 Å². The Morgan fingerprint density at radius 1 is 1.53 bits per heavy atom. The van der Waals surface area contributed by atoms with Gasteiger partial charge in [0.05, 0.1) is 10.9 Å². The third-order valence-corrected chi connectivity index (χ3v) is 2.92. The van der Waals surface area contributed by atoms with Crippen LogP contribution < -0.4 is 10.6 Å². The van der Waals surface area contributed by atoms with Gasteiger partial charge in [0, 0.05) is 12.2 Å². The van der Waals surface area contributed by atoms with Gasteiger partial charge in [0.1, 0.15) is 5.82 Å². The molecule has 94 valence electrons. The second-order valence-electron chi connectivity index (χ2n) is 3.81. The zero-order chi connectivity index (χ0) is 11.5. The van der Waals surface area contributed by atoms with E-state index in [2.05, 4.69) is 10.6 Å². The van der Waals surface area contributed by atoms with Crippen LogP contribution in [0.5, 0.6) is 0 Å². The van der Waals surface area contributed by atoms with E-state index >= 15 is 0 Å². The molecule has 0 spiro atoms. The van der Waals surface area contributed by atoms with E-state index in [4.69, 9.17) is 11.6 Å². The highest BCUT2D eigenvalue weighted by Crippen LogP contribution is 2.19. The summed E-state index contributed by atoms with van der Waals surface area (Å²) in [4.78, 5) is 11.7. The predicted molar refractivity (Wildman–Crippen MR) is 68.3 cm³/mol. The van der Waals surface area contributed by atoms with Crippen LogP contribution >= 0.6 is 24.0 Å². The zero-order valence-electron chi connectivity index (χ0n) is 9.00. The van der Waals surface area contributed by atoms with Crippen molar-refractivity contribution in [2.24, 2.45) is 5.92 Å². The van der Waals surface area contributed by atoms with Crippen molar-refractivity contribution in [1.29, 1.82) is 0 Å². The van der Waals surface area contributed by atoms with Crippen molar-refractivity contribution in [3.8, 4) is 0 Å². The van der Waals surface area contributed by atoms with E-state index in [-0.39, 0.29) is 29.3 Å². The molecule has 1 unspecified atom stereocenters. The number of nitrogens with one attached hydrogen (secondary N) is 2. The highest BCUT2D eigenvalue weighted by molar-refractivity contribution is 6.30. The second kappa shape index (κ2) is 6.19. The Morgan fingerprint density at radius 2 is 2.29 bits per heavy atom. The fourth-order valence-electron chi connectivity index (χ4n) is 1.70. The number of rotatable bonds is 2. The number of amides is 1. The first-order valence-corrected chi connectivity index (χ1v) is 5.51. The molecule has 1 aromatic carbocycles. The maximum absolute atomic E-state index is 13.1. The summed E-state index contributed by atoms with van der Waals surface area (Å²) in [7, 11) is 0. The van der Waals surface area contributed by atoms with E-state index < -0.39 is 5.82 Å². The van der Waals surface area contributed by atoms with Gasteiger partial charge in [-0.2, -0.15) is 0 Å². The SMILES string of the molecule is Cl.O=C(Nc1ccc(Cl)c(F)c1)C1CCNC1. The summed E-state index contributed by atoms with van der Waals surface area (Å²) in [5.41, 5.74) is 0.443. The van der Waals surface area contributed by atoms with Crippen molar-refractivity contribution in [1.82, 2.24) is 5.32 Å². The van der Waals surface area contributed by atoms with Crippen LogP contribution in [0.25, 0.3) is 0 Å². The lowest BCUT2D eigenvalue weighted by Crippen LogP contribution is -2.24. The quantitative estimate of drug-likeness (QED) is 0.873. The lowest BCUT2D eigenvalue weighted by atomic mass is 10.1. The molecule has 1 heterocycles. The third kappa shape index (κ3) is 3.56. The average Bonchev–Trinajstić information content (AvgIpc) is 2.77. The first-order valence-electron chi connectivity index (χ1n) is 5.13. The number of hydrogen-bond acceptors (Lipinski definition) is 2. The van der Waals surface area contributed by atoms with Crippen molar-refractivity contribution >= 4 is 35.6 Å². The molecule has 17 heavy (non-hydrogen) atoms. The highest BCUT2D eigenvalue weighted by atomic mass is 35.5. The predicted octanol–water partition coefficient (Wildman–Crippen LogP) is 2.45. The van der Waals surface area contributed by atoms with Crippen LogP contribution in [0.1, 0.15) is 6.42 Å². The van der Waals surface area contributed by atoms with Crippen LogP contribution in [-0.4, -0.2) is 19.0 Å². The van der Waals surface area contributed by atoms with Crippen molar-refractivity contribution in [2.45, 2.75) is 6.42 Å². The molecule has 2 N–H and O–H groups in total. The van der Waals surface area contributed by atoms with Gasteiger partial charge in [-0.05, 0) is 31.2 Å². The van der Waals surface area contributed by atoms with Crippen molar-refractivity contribution in [3.63, 3.8) is 0 Å². The number of benzene rings is 1. The third-order valence-electron chi connectivity index (χ3n) is 2.62. The molecule has 1 amide bonds. The molecule has 3 nitrogen and oxygen atoms in total. The molecule has 0 aliphatic carbocycles. The summed E-state index contributed by atoms with van der Waals surface area (Å²) in [6, 6.07) is 4.24. The second-order valence-corrected chi connectivity index (χ2v) is 4.22. The topological polar surface area (TPSA) is 41.1 Å². The Balaban J connectivity index is 0.00000144.